The number of benzene rings is 2. The fourth-order valence-corrected chi connectivity index (χ4v) is 4.73. The highest BCUT2D eigenvalue weighted by Crippen LogP contribution is 2.26. The summed E-state index contributed by atoms with van der Waals surface area (Å²) in [4.78, 5) is 16.8. The van der Waals surface area contributed by atoms with Crippen molar-refractivity contribution < 1.29 is 18.3 Å². The van der Waals surface area contributed by atoms with Crippen molar-refractivity contribution in [3.05, 3.63) is 78.6 Å². The van der Waals surface area contributed by atoms with Gasteiger partial charge in [-0.25, -0.2) is 8.78 Å². The van der Waals surface area contributed by atoms with Gasteiger partial charge >= 0.3 is 0 Å². The highest BCUT2D eigenvalue weighted by molar-refractivity contribution is 7.99. The molecule has 184 valence electrons. The summed E-state index contributed by atoms with van der Waals surface area (Å²) in [7, 11) is 0. The van der Waals surface area contributed by atoms with E-state index in [-0.39, 0.29) is 23.2 Å². The van der Waals surface area contributed by atoms with Gasteiger partial charge in [-0.15, -0.1) is 16.8 Å². The molecule has 1 unspecified atom stereocenters. The Morgan fingerprint density at radius 1 is 1.11 bits per heavy atom. The molecule has 0 radical (unpaired) electrons. The van der Waals surface area contributed by atoms with E-state index in [1.54, 1.807) is 43.3 Å². The minimum atomic E-state index is -0.552. The number of carbonyl (C=O) groups is 1. The number of rotatable bonds is 9. The van der Waals surface area contributed by atoms with Gasteiger partial charge in [0.2, 0.25) is 5.91 Å². The van der Waals surface area contributed by atoms with Crippen LogP contribution in [0.2, 0.25) is 0 Å². The monoisotopic (exact) mass is 499 g/mol. The molecule has 0 bridgehead atoms. The number of allylic oxidation sites excluding steroid dienone is 1. The molecule has 0 saturated carbocycles. The first kappa shape index (κ1) is 24.7. The number of hydrogen-bond acceptors (Lipinski definition) is 6. The summed E-state index contributed by atoms with van der Waals surface area (Å²) in [5.41, 5.74) is 0.949. The number of hydrogen-bond donors (Lipinski definition) is 0. The quantitative estimate of drug-likeness (QED) is 0.323. The van der Waals surface area contributed by atoms with E-state index in [1.165, 1.54) is 30.0 Å². The summed E-state index contributed by atoms with van der Waals surface area (Å²) in [5, 5.41) is 9.05. The van der Waals surface area contributed by atoms with E-state index in [2.05, 4.69) is 21.7 Å². The molecule has 10 heteroatoms. The molecule has 0 N–H and O–H groups in total. The second kappa shape index (κ2) is 11.4. The van der Waals surface area contributed by atoms with Crippen LogP contribution >= 0.6 is 11.8 Å². The molecule has 1 aliphatic rings. The van der Waals surface area contributed by atoms with Crippen LogP contribution in [0.15, 0.2) is 66.3 Å². The summed E-state index contributed by atoms with van der Waals surface area (Å²) in [6.45, 7) is 8.55. The average molecular weight is 500 g/mol. The van der Waals surface area contributed by atoms with E-state index in [4.69, 9.17) is 4.74 Å². The van der Waals surface area contributed by atoms with E-state index < -0.39 is 11.9 Å². The topological polar surface area (TPSA) is 63.5 Å². The number of thioether (sulfide) groups is 1. The van der Waals surface area contributed by atoms with Crippen LogP contribution in [0.1, 0.15) is 18.9 Å². The molecule has 1 fully saturated rings. The third kappa shape index (κ3) is 6.00. The summed E-state index contributed by atoms with van der Waals surface area (Å²) in [6.07, 6.45) is 1.16. The number of amides is 1. The Morgan fingerprint density at radius 3 is 2.51 bits per heavy atom. The zero-order valence-electron chi connectivity index (χ0n) is 19.4. The first-order valence-electron chi connectivity index (χ1n) is 11.3. The van der Waals surface area contributed by atoms with E-state index >= 15 is 0 Å². The summed E-state index contributed by atoms with van der Waals surface area (Å²) in [5.74, 6) is 0.176. The highest BCUT2D eigenvalue weighted by Gasteiger charge is 2.24. The lowest BCUT2D eigenvalue weighted by molar-refractivity contribution is -0.128. The van der Waals surface area contributed by atoms with E-state index in [9.17, 15) is 13.6 Å². The van der Waals surface area contributed by atoms with Crippen molar-refractivity contribution in [3.63, 3.8) is 0 Å². The van der Waals surface area contributed by atoms with Gasteiger partial charge in [0.05, 0.1) is 5.75 Å². The van der Waals surface area contributed by atoms with Gasteiger partial charge < -0.3 is 14.5 Å². The van der Waals surface area contributed by atoms with Crippen molar-refractivity contribution in [2.24, 2.45) is 0 Å². The fourth-order valence-electron chi connectivity index (χ4n) is 3.88. The van der Waals surface area contributed by atoms with Gasteiger partial charge in [0.1, 0.15) is 5.82 Å². The number of piperazine rings is 1. The lowest BCUT2D eigenvalue weighted by atomic mass is 10.2. The molecule has 2 heterocycles. The first-order valence-corrected chi connectivity index (χ1v) is 12.3. The standard InChI is InChI=1S/C25H27F2N5O2S/c1-3-12-32-24(18(2)34-22-7-5-4-6-21(22)27)28-29-25(32)35-17-23(33)31-15-13-30(14-16-31)20-10-8-19(26)9-11-20/h3-11,18H,1,12-17H2,2H3. The zero-order chi connectivity index (χ0) is 24.8. The van der Waals surface area contributed by atoms with Gasteiger partial charge in [-0.05, 0) is 43.3 Å². The van der Waals surface area contributed by atoms with Gasteiger partial charge in [0.15, 0.2) is 28.7 Å². The van der Waals surface area contributed by atoms with Crippen molar-refractivity contribution in [1.29, 1.82) is 0 Å². The number of anilines is 1. The summed E-state index contributed by atoms with van der Waals surface area (Å²) < 4.78 is 34.8. The van der Waals surface area contributed by atoms with Crippen LogP contribution in [-0.2, 0) is 11.3 Å². The lowest BCUT2D eigenvalue weighted by Crippen LogP contribution is -2.49. The number of aromatic nitrogens is 3. The van der Waals surface area contributed by atoms with E-state index in [0.29, 0.717) is 43.7 Å². The molecule has 1 amide bonds. The van der Waals surface area contributed by atoms with Gasteiger partial charge in [-0.2, -0.15) is 0 Å². The summed E-state index contributed by atoms with van der Waals surface area (Å²) in [6, 6.07) is 12.6. The predicted molar refractivity (Wildman–Crippen MR) is 132 cm³/mol. The highest BCUT2D eigenvalue weighted by atomic mass is 32.2. The molecular weight excluding hydrogens is 472 g/mol. The van der Waals surface area contributed by atoms with Crippen molar-refractivity contribution in [2.75, 3.05) is 36.8 Å². The predicted octanol–water partition coefficient (Wildman–Crippen LogP) is 4.32. The van der Waals surface area contributed by atoms with Crippen LogP contribution in [0, 0.1) is 11.6 Å². The van der Waals surface area contributed by atoms with Crippen molar-refractivity contribution in [3.8, 4) is 5.75 Å². The fraction of sp³-hybridized carbons (Fsp3) is 0.320. The number of para-hydroxylation sites is 1. The smallest absolute Gasteiger partial charge is 0.233 e. The molecule has 35 heavy (non-hydrogen) atoms. The Bertz CT molecular complexity index is 1160. The van der Waals surface area contributed by atoms with Gasteiger partial charge in [-0.1, -0.05) is 30.0 Å². The molecule has 2 aromatic carbocycles. The number of nitrogens with zero attached hydrogens (tertiary/aromatic N) is 5. The number of carbonyl (C=O) groups excluding carboxylic acids is 1. The van der Waals surface area contributed by atoms with Gasteiger partial charge in [0, 0.05) is 38.4 Å². The number of halogens is 2. The SMILES string of the molecule is C=CCn1c(SCC(=O)N2CCN(c3ccc(F)cc3)CC2)nnc1C(C)Oc1ccccc1F. The van der Waals surface area contributed by atoms with Crippen LogP contribution in [0.3, 0.4) is 0 Å². The first-order chi connectivity index (χ1) is 17.0. The van der Waals surface area contributed by atoms with Crippen molar-refractivity contribution in [2.45, 2.75) is 24.7 Å². The Balaban J connectivity index is 1.35. The lowest BCUT2D eigenvalue weighted by Gasteiger charge is -2.36. The van der Waals surface area contributed by atoms with Crippen LogP contribution in [0.4, 0.5) is 14.5 Å². The Kier molecular flexibility index (Phi) is 8.02. The number of ether oxygens (including phenoxy) is 1. The van der Waals surface area contributed by atoms with Crippen LogP contribution in [0.25, 0.3) is 0 Å². The molecule has 7 nitrogen and oxygen atoms in total. The molecule has 1 aromatic heterocycles. The molecule has 0 spiro atoms. The molecule has 1 saturated heterocycles. The maximum absolute atomic E-state index is 14.0. The van der Waals surface area contributed by atoms with Crippen molar-refractivity contribution in [1.82, 2.24) is 19.7 Å². The third-order valence-electron chi connectivity index (χ3n) is 5.71. The maximum Gasteiger partial charge on any atom is 0.233 e. The Morgan fingerprint density at radius 2 is 1.83 bits per heavy atom. The molecule has 0 aliphatic carbocycles. The second-order valence-corrected chi connectivity index (χ2v) is 9.01. The molecular formula is C25H27F2N5O2S. The average Bonchev–Trinajstić information content (AvgIpc) is 3.27. The van der Waals surface area contributed by atoms with Gasteiger partial charge in [0.25, 0.3) is 0 Å². The maximum atomic E-state index is 14.0. The minimum Gasteiger partial charge on any atom is -0.480 e. The Hall–Kier alpha value is -3.40. The summed E-state index contributed by atoms with van der Waals surface area (Å²) >= 11 is 1.30. The third-order valence-corrected chi connectivity index (χ3v) is 6.66. The largest absolute Gasteiger partial charge is 0.480 e. The molecule has 4 rings (SSSR count). The minimum absolute atomic E-state index is 0.0131. The molecule has 1 aliphatic heterocycles. The van der Waals surface area contributed by atoms with Crippen LogP contribution < -0.4 is 9.64 Å². The van der Waals surface area contributed by atoms with E-state index in [1.807, 2.05) is 9.47 Å². The zero-order valence-corrected chi connectivity index (χ0v) is 20.3. The van der Waals surface area contributed by atoms with Crippen LogP contribution in [0.5, 0.6) is 5.75 Å². The molecule has 1 atom stereocenters. The molecule has 3 aromatic rings. The van der Waals surface area contributed by atoms with E-state index in [0.717, 1.165) is 5.69 Å². The van der Waals surface area contributed by atoms with Crippen LogP contribution in [-0.4, -0.2) is 57.5 Å². The van der Waals surface area contributed by atoms with Gasteiger partial charge in [-0.3, -0.25) is 9.36 Å². The second-order valence-electron chi connectivity index (χ2n) is 8.06. The normalized spacial score (nSPS) is 14.6. The van der Waals surface area contributed by atoms with Crippen molar-refractivity contribution >= 4 is 23.4 Å². The Labute approximate surface area is 207 Å².